The van der Waals surface area contributed by atoms with E-state index in [4.69, 9.17) is 25.5 Å². The number of benzene rings is 1. The highest BCUT2D eigenvalue weighted by molar-refractivity contribution is 6.30. The van der Waals surface area contributed by atoms with E-state index in [-0.39, 0.29) is 29.9 Å². The minimum Gasteiger partial charge on any atom is -0.484 e. The van der Waals surface area contributed by atoms with Crippen LogP contribution in [0.5, 0.6) is 11.5 Å². The molecular weight excluding hydrogens is 463 g/mol. The maximum Gasteiger partial charge on any atom is 0.262 e. The number of rotatable bonds is 9. The maximum absolute atomic E-state index is 13.5. The fourth-order valence-electron chi connectivity index (χ4n) is 3.56. The van der Waals surface area contributed by atoms with Gasteiger partial charge in [-0.25, -0.2) is 4.39 Å². The molecule has 1 atom stereocenters. The summed E-state index contributed by atoms with van der Waals surface area (Å²) in [5.74, 6) is 0.737. The van der Waals surface area contributed by atoms with Crippen LogP contribution in [-0.4, -0.2) is 27.7 Å². The molecule has 1 amide bonds. The van der Waals surface area contributed by atoms with Crippen molar-refractivity contribution in [3.63, 3.8) is 0 Å². The number of aromatic nitrogens is 3. The van der Waals surface area contributed by atoms with Crippen LogP contribution in [0.2, 0.25) is 5.02 Å². The number of allylic oxidation sites excluding steroid dienone is 2. The predicted octanol–water partition coefficient (Wildman–Crippen LogP) is 4.45. The van der Waals surface area contributed by atoms with Crippen LogP contribution in [0, 0.1) is 12.7 Å². The second-order valence-corrected chi connectivity index (χ2v) is 8.62. The quantitative estimate of drug-likeness (QED) is 0.477. The molecule has 0 aliphatic heterocycles. The van der Waals surface area contributed by atoms with Crippen molar-refractivity contribution in [2.45, 2.75) is 45.6 Å². The molecule has 8 nitrogen and oxygen atoms in total. The van der Waals surface area contributed by atoms with E-state index in [1.807, 2.05) is 39.0 Å². The third-order valence-electron chi connectivity index (χ3n) is 5.32. The summed E-state index contributed by atoms with van der Waals surface area (Å²) in [5.41, 5.74) is 2.03. The number of halogens is 2. The zero-order valence-electron chi connectivity index (χ0n) is 19.0. The van der Waals surface area contributed by atoms with Gasteiger partial charge in [0.15, 0.2) is 13.2 Å². The van der Waals surface area contributed by atoms with Gasteiger partial charge in [-0.05, 0) is 50.6 Å². The fourth-order valence-corrected chi connectivity index (χ4v) is 3.68. The van der Waals surface area contributed by atoms with Crippen molar-refractivity contribution in [1.29, 1.82) is 0 Å². The number of hydrogen-bond donors (Lipinski definition) is 1. The molecule has 0 saturated carbocycles. The lowest BCUT2D eigenvalue weighted by Crippen LogP contribution is -2.39. The summed E-state index contributed by atoms with van der Waals surface area (Å²) in [4.78, 5) is 16.6. The Labute approximate surface area is 201 Å². The predicted molar refractivity (Wildman–Crippen MR) is 122 cm³/mol. The number of nitrogens with one attached hydrogen (secondary N) is 1. The summed E-state index contributed by atoms with van der Waals surface area (Å²) >= 11 is 5.64. The molecule has 0 bridgehead atoms. The first kappa shape index (κ1) is 23.7. The Morgan fingerprint density at radius 3 is 2.79 bits per heavy atom. The van der Waals surface area contributed by atoms with Crippen molar-refractivity contribution in [3.05, 3.63) is 76.1 Å². The van der Waals surface area contributed by atoms with Gasteiger partial charge < -0.3 is 19.2 Å². The first-order valence-corrected chi connectivity index (χ1v) is 11.1. The minimum absolute atomic E-state index is 0.00989. The molecule has 0 radical (unpaired) electrons. The Hall–Kier alpha value is -3.46. The summed E-state index contributed by atoms with van der Waals surface area (Å²) in [6.45, 7) is 5.77. The molecule has 1 N–H and O–H groups in total. The Morgan fingerprint density at radius 1 is 1.26 bits per heavy atom. The first-order chi connectivity index (χ1) is 16.3. The lowest BCUT2D eigenvalue weighted by atomic mass is 9.75. The zero-order valence-corrected chi connectivity index (χ0v) is 19.8. The highest BCUT2D eigenvalue weighted by Gasteiger charge is 2.39. The van der Waals surface area contributed by atoms with E-state index in [1.54, 1.807) is 0 Å². The van der Waals surface area contributed by atoms with Crippen molar-refractivity contribution in [1.82, 2.24) is 20.5 Å². The van der Waals surface area contributed by atoms with Crippen molar-refractivity contribution in [2.24, 2.45) is 0 Å². The normalized spacial score (nSPS) is 17.0. The van der Waals surface area contributed by atoms with Crippen LogP contribution in [0.25, 0.3) is 0 Å². The van der Waals surface area contributed by atoms with E-state index in [2.05, 4.69) is 20.5 Å². The molecule has 178 valence electrons. The molecule has 34 heavy (non-hydrogen) atoms. The minimum atomic E-state index is -0.609. The summed E-state index contributed by atoms with van der Waals surface area (Å²) in [5, 5.41) is 11.0. The Bertz CT molecular complexity index is 1250. The van der Waals surface area contributed by atoms with E-state index in [0.717, 1.165) is 23.9 Å². The van der Waals surface area contributed by atoms with Crippen molar-refractivity contribution in [3.8, 4) is 11.5 Å². The number of aryl methyl sites for hydroxylation is 2. The molecule has 10 heteroatoms. The number of hydrogen-bond acceptors (Lipinski definition) is 7. The topological polar surface area (TPSA) is 99.4 Å². The van der Waals surface area contributed by atoms with Gasteiger partial charge in [0, 0.05) is 23.9 Å². The number of amides is 1. The first-order valence-electron chi connectivity index (χ1n) is 10.8. The zero-order chi connectivity index (χ0) is 24.3. The molecular formula is C24H24ClFN4O4. The molecule has 1 aromatic carbocycles. The number of carbonyl (C=O) groups is 1. The largest absolute Gasteiger partial charge is 0.484 e. The van der Waals surface area contributed by atoms with Gasteiger partial charge in [-0.2, -0.15) is 0 Å². The highest BCUT2D eigenvalue weighted by Crippen LogP contribution is 2.39. The monoisotopic (exact) mass is 486 g/mol. The number of pyridine rings is 1. The fraction of sp³-hybridized carbons (Fsp3) is 0.333. The molecule has 2 heterocycles. The van der Waals surface area contributed by atoms with Gasteiger partial charge in [0.25, 0.3) is 11.8 Å². The van der Waals surface area contributed by atoms with Crippen LogP contribution < -0.4 is 14.8 Å². The van der Waals surface area contributed by atoms with E-state index >= 15 is 0 Å². The number of carbonyl (C=O) groups excluding carboxylic acids is 1. The SMILES string of the molecule is CCc1nc(C)ccc1OCc1nnc(C2(C)C=C(NC(=O)COc3ccc(Cl)c(F)c3)C2)o1. The van der Waals surface area contributed by atoms with Gasteiger partial charge >= 0.3 is 0 Å². The lowest BCUT2D eigenvalue weighted by molar-refractivity contribution is -0.122. The smallest absolute Gasteiger partial charge is 0.262 e. The summed E-state index contributed by atoms with van der Waals surface area (Å²) in [6.07, 6.45) is 3.12. The number of ether oxygens (including phenoxy) is 2. The van der Waals surface area contributed by atoms with Gasteiger partial charge in [0.1, 0.15) is 17.3 Å². The molecule has 0 saturated heterocycles. The third-order valence-corrected chi connectivity index (χ3v) is 5.63. The molecule has 0 spiro atoms. The summed E-state index contributed by atoms with van der Waals surface area (Å²) in [6, 6.07) is 7.77. The molecule has 0 fully saturated rings. The molecule has 4 rings (SSSR count). The Morgan fingerprint density at radius 2 is 2.06 bits per heavy atom. The molecule has 2 aromatic heterocycles. The van der Waals surface area contributed by atoms with Crippen molar-refractivity contribution in [2.75, 3.05) is 6.61 Å². The lowest BCUT2D eigenvalue weighted by Gasteiger charge is -2.33. The average Bonchev–Trinajstić information content (AvgIpc) is 3.27. The highest BCUT2D eigenvalue weighted by atomic mass is 35.5. The van der Waals surface area contributed by atoms with Crippen molar-refractivity contribution >= 4 is 17.5 Å². The van der Waals surface area contributed by atoms with Gasteiger partial charge in [0.2, 0.25) is 5.89 Å². The Kier molecular flexibility index (Phi) is 6.83. The molecule has 1 aliphatic carbocycles. The van der Waals surface area contributed by atoms with Crippen LogP contribution in [0.4, 0.5) is 4.39 Å². The van der Waals surface area contributed by atoms with Crippen LogP contribution in [0.15, 0.2) is 46.5 Å². The van der Waals surface area contributed by atoms with Gasteiger partial charge in [-0.3, -0.25) is 9.78 Å². The second kappa shape index (κ2) is 9.80. The summed E-state index contributed by atoms with van der Waals surface area (Å²) < 4.78 is 30.4. The van der Waals surface area contributed by atoms with Crippen LogP contribution in [0.3, 0.4) is 0 Å². The van der Waals surface area contributed by atoms with E-state index < -0.39 is 11.2 Å². The standard InChI is InChI=1S/C24H24ClFN4O4/c1-4-19-20(8-5-14(2)27-19)33-13-22-29-30-23(34-22)24(3)10-15(11-24)28-21(31)12-32-16-6-7-17(25)18(26)9-16/h5-10H,4,11-13H2,1-3H3,(H,28,31). The number of nitrogens with zero attached hydrogens (tertiary/aromatic N) is 3. The summed E-state index contributed by atoms with van der Waals surface area (Å²) in [7, 11) is 0. The van der Waals surface area contributed by atoms with Crippen molar-refractivity contribution < 1.29 is 23.1 Å². The van der Waals surface area contributed by atoms with Crippen LogP contribution in [-0.2, 0) is 23.2 Å². The van der Waals surface area contributed by atoms with Gasteiger partial charge in [0.05, 0.1) is 16.1 Å². The average molecular weight is 487 g/mol. The molecule has 1 unspecified atom stereocenters. The van der Waals surface area contributed by atoms with E-state index in [9.17, 15) is 9.18 Å². The molecule has 1 aliphatic rings. The third kappa shape index (κ3) is 5.36. The second-order valence-electron chi connectivity index (χ2n) is 8.22. The maximum atomic E-state index is 13.5. The molecule has 3 aromatic rings. The van der Waals surface area contributed by atoms with E-state index in [1.165, 1.54) is 12.1 Å². The van der Waals surface area contributed by atoms with Gasteiger partial charge in [-0.15, -0.1) is 10.2 Å². The Balaban J connectivity index is 1.29. The van der Waals surface area contributed by atoms with Crippen LogP contribution >= 0.6 is 11.6 Å². The van der Waals surface area contributed by atoms with Gasteiger partial charge in [-0.1, -0.05) is 18.5 Å². The van der Waals surface area contributed by atoms with E-state index in [0.29, 0.717) is 29.6 Å². The van der Waals surface area contributed by atoms with Crippen LogP contribution in [0.1, 0.15) is 43.4 Å².